The summed E-state index contributed by atoms with van der Waals surface area (Å²) in [5.74, 6) is -1.13. The molecule has 0 radical (unpaired) electrons. The Balaban J connectivity index is 2.52. The summed E-state index contributed by atoms with van der Waals surface area (Å²) >= 11 is 0. The van der Waals surface area contributed by atoms with E-state index in [1.54, 1.807) is 24.4 Å². The minimum Gasteiger partial charge on any atom is -0.476 e. The summed E-state index contributed by atoms with van der Waals surface area (Å²) in [6, 6.07) is 5.21. The molecule has 0 bridgehead atoms. The molecule has 70 valence electrons. The van der Waals surface area contributed by atoms with Crippen LogP contribution in [-0.4, -0.2) is 21.2 Å². The van der Waals surface area contributed by atoms with Crippen LogP contribution in [0, 0.1) is 0 Å². The fourth-order valence-electron chi connectivity index (χ4n) is 1.09. The highest BCUT2D eigenvalue weighted by atomic mass is 16.5. The molecule has 1 N–H and O–H groups in total. The maximum atomic E-state index is 10.7. The zero-order valence-electron chi connectivity index (χ0n) is 7.04. The highest BCUT2D eigenvalue weighted by Gasteiger charge is 2.16. The van der Waals surface area contributed by atoms with Crippen molar-refractivity contribution >= 4 is 5.97 Å². The smallest absolute Gasteiger partial charge is 0.358 e. The van der Waals surface area contributed by atoms with Gasteiger partial charge in [0.15, 0.2) is 0 Å². The Morgan fingerprint density at radius 1 is 1.43 bits per heavy atom. The highest BCUT2D eigenvalue weighted by Crippen LogP contribution is 2.19. The fraction of sp³-hybridized carbons (Fsp3) is 0. The molecule has 2 aromatic rings. The first-order valence-corrected chi connectivity index (χ1v) is 3.88. The molecule has 0 aliphatic heterocycles. The molecule has 0 aromatic carbocycles. The first-order valence-electron chi connectivity index (χ1n) is 3.88. The van der Waals surface area contributed by atoms with Gasteiger partial charge in [0.1, 0.15) is 6.26 Å². The Labute approximate surface area is 79.0 Å². The third-order valence-electron chi connectivity index (χ3n) is 1.71. The van der Waals surface area contributed by atoms with Crippen molar-refractivity contribution in [2.45, 2.75) is 0 Å². The summed E-state index contributed by atoms with van der Waals surface area (Å²) in [5, 5.41) is 12.1. The van der Waals surface area contributed by atoms with Crippen molar-refractivity contribution < 1.29 is 14.4 Å². The van der Waals surface area contributed by atoms with Crippen molar-refractivity contribution in [1.82, 2.24) is 10.1 Å². The van der Waals surface area contributed by atoms with E-state index in [0.717, 1.165) is 0 Å². The Morgan fingerprint density at radius 2 is 2.29 bits per heavy atom. The van der Waals surface area contributed by atoms with E-state index in [9.17, 15) is 4.79 Å². The zero-order valence-corrected chi connectivity index (χ0v) is 7.04. The minimum absolute atomic E-state index is 0.122. The molecule has 0 aliphatic carbocycles. The lowest BCUT2D eigenvalue weighted by atomic mass is 10.2. The molecule has 0 saturated heterocycles. The van der Waals surface area contributed by atoms with Gasteiger partial charge in [0.25, 0.3) is 0 Å². The standard InChI is InChI=1S/C9H6N2O3/c12-9(13)8-6(5-14-11-8)7-3-1-2-4-10-7/h1-5H,(H,12,13). The summed E-state index contributed by atoms with van der Waals surface area (Å²) in [5.41, 5.74) is 0.799. The Kier molecular flexibility index (Phi) is 1.98. The quantitative estimate of drug-likeness (QED) is 0.775. The van der Waals surface area contributed by atoms with Crippen LogP contribution in [0.1, 0.15) is 10.5 Å². The maximum absolute atomic E-state index is 10.7. The summed E-state index contributed by atoms with van der Waals surface area (Å²) in [6.07, 6.45) is 2.85. The molecular weight excluding hydrogens is 184 g/mol. The highest BCUT2D eigenvalue weighted by molar-refractivity contribution is 5.92. The van der Waals surface area contributed by atoms with Crippen molar-refractivity contribution in [3.8, 4) is 11.3 Å². The van der Waals surface area contributed by atoms with E-state index in [1.807, 2.05) is 0 Å². The van der Waals surface area contributed by atoms with Gasteiger partial charge in [-0.2, -0.15) is 0 Å². The van der Waals surface area contributed by atoms with E-state index < -0.39 is 5.97 Å². The van der Waals surface area contributed by atoms with Gasteiger partial charge in [-0.3, -0.25) is 4.98 Å². The van der Waals surface area contributed by atoms with E-state index in [1.165, 1.54) is 6.26 Å². The second kappa shape index (κ2) is 3.29. The number of hydrogen-bond donors (Lipinski definition) is 1. The van der Waals surface area contributed by atoms with Gasteiger partial charge in [0, 0.05) is 6.20 Å². The molecule has 0 amide bonds. The molecule has 0 aliphatic rings. The largest absolute Gasteiger partial charge is 0.476 e. The summed E-state index contributed by atoms with van der Waals surface area (Å²) in [7, 11) is 0. The normalized spacial score (nSPS) is 10.0. The van der Waals surface area contributed by atoms with Gasteiger partial charge in [-0.25, -0.2) is 4.79 Å². The monoisotopic (exact) mass is 190 g/mol. The number of nitrogens with zero attached hydrogens (tertiary/aromatic N) is 2. The van der Waals surface area contributed by atoms with E-state index in [-0.39, 0.29) is 5.69 Å². The van der Waals surface area contributed by atoms with E-state index in [0.29, 0.717) is 11.3 Å². The van der Waals surface area contributed by atoms with Crippen molar-refractivity contribution in [1.29, 1.82) is 0 Å². The molecular formula is C9H6N2O3. The molecule has 0 fully saturated rings. The third kappa shape index (κ3) is 1.35. The lowest BCUT2D eigenvalue weighted by Gasteiger charge is -1.94. The van der Waals surface area contributed by atoms with Gasteiger partial charge in [0.05, 0.1) is 11.3 Å². The van der Waals surface area contributed by atoms with Crippen LogP contribution in [0.2, 0.25) is 0 Å². The summed E-state index contributed by atoms with van der Waals surface area (Å²) < 4.78 is 4.59. The van der Waals surface area contributed by atoms with E-state index in [4.69, 9.17) is 5.11 Å². The van der Waals surface area contributed by atoms with Crippen LogP contribution in [0.15, 0.2) is 35.2 Å². The minimum atomic E-state index is -1.13. The van der Waals surface area contributed by atoms with Crippen LogP contribution in [0.25, 0.3) is 11.3 Å². The van der Waals surface area contributed by atoms with Crippen LogP contribution in [0.4, 0.5) is 0 Å². The van der Waals surface area contributed by atoms with Gasteiger partial charge >= 0.3 is 5.97 Å². The van der Waals surface area contributed by atoms with Gasteiger partial charge in [0.2, 0.25) is 5.69 Å². The number of rotatable bonds is 2. The lowest BCUT2D eigenvalue weighted by molar-refractivity contribution is 0.0686. The molecule has 14 heavy (non-hydrogen) atoms. The molecule has 0 spiro atoms. The predicted molar refractivity (Wildman–Crippen MR) is 46.7 cm³/mol. The number of pyridine rings is 1. The van der Waals surface area contributed by atoms with E-state index >= 15 is 0 Å². The molecule has 2 rings (SSSR count). The fourth-order valence-corrected chi connectivity index (χ4v) is 1.09. The van der Waals surface area contributed by atoms with Crippen LogP contribution < -0.4 is 0 Å². The molecule has 0 saturated carbocycles. The van der Waals surface area contributed by atoms with Crippen molar-refractivity contribution in [3.63, 3.8) is 0 Å². The summed E-state index contributed by atoms with van der Waals surface area (Å²) in [4.78, 5) is 14.7. The number of carbonyl (C=O) groups is 1. The second-order valence-corrected chi connectivity index (χ2v) is 2.60. The molecule has 0 unspecified atom stereocenters. The number of aromatic nitrogens is 2. The summed E-state index contributed by atoms with van der Waals surface area (Å²) in [6.45, 7) is 0. The van der Waals surface area contributed by atoms with Gasteiger partial charge in [-0.15, -0.1) is 0 Å². The van der Waals surface area contributed by atoms with Crippen molar-refractivity contribution in [2.24, 2.45) is 0 Å². The topological polar surface area (TPSA) is 76.2 Å². The zero-order chi connectivity index (χ0) is 9.97. The Bertz CT molecular complexity index is 450. The Hall–Kier alpha value is -2.17. The molecule has 2 aromatic heterocycles. The predicted octanol–water partition coefficient (Wildman–Crippen LogP) is 1.43. The molecule has 5 nitrogen and oxygen atoms in total. The molecule has 2 heterocycles. The van der Waals surface area contributed by atoms with Crippen molar-refractivity contribution in [3.05, 3.63) is 36.4 Å². The van der Waals surface area contributed by atoms with Crippen LogP contribution in [0.5, 0.6) is 0 Å². The first-order chi connectivity index (χ1) is 6.79. The van der Waals surface area contributed by atoms with Gasteiger partial charge in [-0.05, 0) is 12.1 Å². The van der Waals surface area contributed by atoms with Crippen LogP contribution in [0.3, 0.4) is 0 Å². The maximum Gasteiger partial charge on any atom is 0.358 e. The molecule has 5 heteroatoms. The number of carboxylic acid groups (broad SMARTS) is 1. The first kappa shape index (κ1) is 8.43. The average molecular weight is 190 g/mol. The third-order valence-corrected chi connectivity index (χ3v) is 1.71. The van der Waals surface area contributed by atoms with Crippen LogP contribution in [-0.2, 0) is 0 Å². The lowest BCUT2D eigenvalue weighted by Crippen LogP contribution is -1.99. The molecule has 0 atom stereocenters. The van der Waals surface area contributed by atoms with Gasteiger partial charge < -0.3 is 9.63 Å². The SMILES string of the molecule is O=C(O)c1nocc1-c1ccccn1. The van der Waals surface area contributed by atoms with Crippen LogP contribution >= 0.6 is 0 Å². The Morgan fingerprint density at radius 3 is 2.93 bits per heavy atom. The van der Waals surface area contributed by atoms with Crippen molar-refractivity contribution in [2.75, 3.05) is 0 Å². The number of hydrogen-bond acceptors (Lipinski definition) is 4. The van der Waals surface area contributed by atoms with E-state index in [2.05, 4.69) is 14.7 Å². The number of carboxylic acids is 1. The second-order valence-electron chi connectivity index (χ2n) is 2.60. The van der Waals surface area contributed by atoms with Gasteiger partial charge in [-0.1, -0.05) is 11.2 Å². The number of aromatic carboxylic acids is 1. The average Bonchev–Trinajstić information content (AvgIpc) is 2.67.